The number of halogens is 3. The first-order chi connectivity index (χ1) is 14.3. The van der Waals surface area contributed by atoms with Gasteiger partial charge in [-0.25, -0.2) is 8.42 Å². The molecule has 0 saturated carbocycles. The van der Waals surface area contributed by atoms with Crippen LogP contribution in [0.1, 0.15) is 5.56 Å². The van der Waals surface area contributed by atoms with E-state index in [2.05, 4.69) is 21.2 Å². The second-order valence-corrected chi connectivity index (χ2v) is 10.0. The first-order valence-corrected chi connectivity index (χ1v) is 11.8. The average molecular weight is 528 g/mol. The Kier molecular flexibility index (Phi) is 7.55. The van der Waals surface area contributed by atoms with E-state index in [9.17, 15) is 13.2 Å². The number of nitrogens with one attached hydrogen (secondary N) is 1. The highest BCUT2D eigenvalue weighted by molar-refractivity contribution is 9.10. The number of carbonyl (C=O) groups is 1. The lowest BCUT2D eigenvalue weighted by Gasteiger charge is -2.22. The molecule has 30 heavy (non-hydrogen) atoms. The zero-order chi connectivity index (χ0) is 21.7. The molecule has 0 fully saturated rings. The maximum Gasteiger partial charge on any atom is 0.243 e. The normalized spacial score (nSPS) is 11.5. The number of nitrogens with zero attached hydrogens (tertiary/aromatic N) is 1. The van der Waals surface area contributed by atoms with E-state index in [1.54, 1.807) is 42.5 Å². The average Bonchev–Trinajstić information content (AvgIpc) is 2.71. The van der Waals surface area contributed by atoms with Crippen molar-refractivity contribution in [2.45, 2.75) is 11.4 Å². The van der Waals surface area contributed by atoms with Crippen molar-refractivity contribution >= 4 is 60.7 Å². The van der Waals surface area contributed by atoms with Crippen molar-refractivity contribution in [2.24, 2.45) is 0 Å². The van der Waals surface area contributed by atoms with E-state index >= 15 is 0 Å². The molecule has 5 nitrogen and oxygen atoms in total. The van der Waals surface area contributed by atoms with Crippen LogP contribution in [0, 0.1) is 0 Å². The van der Waals surface area contributed by atoms with Crippen molar-refractivity contribution in [1.82, 2.24) is 4.31 Å². The van der Waals surface area contributed by atoms with Crippen LogP contribution in [0.4, 0.5) is 5.69 Å². The molecular weight excluding hydrogens is 511 g/mol. The Morgan fingerprint density at radius 3 is 2.10 bits per heavy atom. The Morgan fingerprint density at radius 1 is 0.900 bits per heavy atom. The molecule has 1 N–H and O–H groups in total. The van der Waals surface area contributed by atoms with E-state index in [4.69, 9.17) is 23.2 Å². The van der Waals surface area contributed by atoms with Crippen molar-refractivity contribution in [2.75, 3.05) is 11.9 Å². The number of hydrogen-bond acceptors (Lipinski definition) is 3. The molecule has 156 valence electrons. The number of sulfonamides is 1. The zero-order valence-electron chi connectivity index (χ0n) is 15.6. The Balaban J connectivity index is 1.89. The van der Waals surface area contributed by atoms with Crippen molar-refractivity contribution in [1.29, 1.82) is 0 Å². The van der Waals surface area contributed by atoms with Gasteiger partial charge in [-0.2, -0.15) is 4.31 Å². The minimum Gasteiger partial charge on any atom is -0.322 e. The summed E-state index contributed by atoms with van der Waals surface area (Å²) in [4.78, 5) is 12.8. The predicted molar refractivity (Wildman–Crippen MR) is 123 cm³/mol. The molecule has 3 aromatic carbocycles. The van der Waals surface area contributed by atoms with Crippen molar-refractivity contribution in [3.8, 4) is 0 Å². The summed E-state index contributed by atoms with van der Waals surface area (Å²) in [5, 5.41) is 3.14. The lowest BCUT2D eigenvalue weighted by Crippen LogP contribution is -2.37. The first-order valence-electron chi connectivity index (χ1n) is 8.81. The summed E-state index contributed by atoms with van der Waals surface area (Å²) in [6.07, 6.45) is 0. The first kappa shape index (κ1) is 22.8. The molecule has 0 unspecified atom stereocenters. The Hall–Kier alpha value is -1.90. The van der Waals surface area contributed by atoms with Gasteiger partial charge in [-0.15, -0.1) is 0 Å². The molecule has 0 aliphatic rings. The monoisotopic (exact) mass is 526 g/mol. The summed E-state index contributed by atoms with van der Waals surface area (Å²) in [5.41, 5.74) is 0.994. The highest BCUT2D eigenvalue weighted by Gasteiger charge is 2.27. The van der Waals surface area contributed by atoms with Crippen LogP contribution in [0.15, 0.2) is 82.2 Å². The Bertz CT molecular complexity index is 1120. The molecular formula is C21H17BrCl2N2O3S. The predicted octanol–water partition coefficient (Wildman–Crippen LogP) is 5.59. The van der Waals surface area contributed by atoms with E-state index < -0.39 is 22.5 Å². The molecule has 9 heteroatoms. The van der Waals surface area contributed by atoms with Gasteiger partial charge in [0.05, 0.1) is 27.2 Å². The van der Waals surface area contributed by atoms with Crippen LogP contribution >= 0.6 is 39.1 Å². The van der Waals surface area contributed by atoms with E-state index in [1.165, 1.54) is 12.1 Å². The third-order valence-electron chi connectivity index (χ3n) is 4.20. The summed E-state index contributed by atoms with van der Waals surface area (Å²) in [5.74, 6) is -0.554. The fraction of sp³-hybridized carbons (Fsp3) is 0.0952. The van der Waals surface area contributed by atoms with Gasteiger partial charge in [-0.3, -0.25) is 4.79 Å². The van der Waals surface area contributed by atoms with Crippen LogP contribution in [-0.4, -0.2) is 25.2 Å². The van der Waals surface area contributed by atoms with E-state index in [1.807, 2.05) is 18.2 Å². The molecule has 0 heterocycles. The Labute approximate surface area is 193 Å². The molecule has 1 amide bonds. The van der Waals surface area contributed by atoms with Gasteiger partial charge in [0.1, 0.15) is 0 Å². The molecule has 0 bridgehead atoms. The SMILES string of the molecule is O=C(CN(Cc1ccccc1)S(=O)(=O)c1ccc(Br)cc1)Nc1c(Cl)cccc1Cl. The lowest BCUT2D eigenvalue weighted by molar-refractivity contribution is -0.116. The summed E-state index contributed by atoms with van der Waals surface area (Å²) in [6, 6.07) is 20.1. The van der Waals surface area contributed by atoms with E-state index in [0.29, 0.717) is 0 Å². The largest absolute Gasteiger partial charge is 0.322 e. The number of amides is 1. The topological polar surface area (TPSA) is 66.5 Å². The van der Waals surface area contributed by atoms with E-state index in [-0.39, 0.29) is 27.2 Å². The van der Waals surface area contributed by atoms with Crippen LogP contribution in [-0.2, 0) is 21.4 Å². The van der Waals surface area contributed by atoms with Gasteiger partial charge < -0.3 is 5.32 Å². The van der Waals surface area contributed by atoms with Crippen molar-refractivity contribution in [3.63, 3.8) is 0 Å². The second kappa shape index (κ2) is 9.94. The highest BCUT2D eigenvalue weighted by Crippen LogP contribution is 2.30. The van der Waals surface area contributed by atoms with Crippen LogP contribution in [0.2, 0.25) is 10.0 Å². The number of carbonyl (C=O) groups excluding carboxylic acids is 1. The zero-order valence-corrected chi connectivity index (χ0v) is 19.5. The number of para-hydroxylation sites is 1. The lowest BCUT2D eigenvalue weighted by atomic mass is 10.2. The molecule has 0 saturated heterocycles. The van der Waals surface area contributed by atoms with Crippen LogP contribution in [0.5, 0.6) is 0 Å². The van der Waals surface area contributed by atoms with E-state index in [0.717, 1.165) is 14.3 Å². The quantitative estimate of drug-likeness (QED) is 0.435. The van der Waals surface area contributed by atoms with Gasteiger partial charge in [0.2, 0.25) is 15.9 Å². The van der Waals surface area contributed by atoms with Gasteiger partial charge in [-0.05, 0) is 42.0 Å². The standard InChI is InChI=1S/C21H17BrCl2N2O3S/c22-16-9-11-17(12-10-16)30(28,29)26(13-15-5-2-1-3-6-15)14-20(27)25-21-18(23)7-4-8-19(21)24/h1-12H,13-14H2,(H,25,27). The summed E-state index contributed by atoms with van der Waals surface area (Å²) in [7, 11) is -3.94. The third-order valence-corrected chi connectivity index (χ3v) is 7.16. The van der Waals surface area contributed by atoms with Crippen molar-refractivity contribution in [3.05, 3.63) is 92.9 Å². The van der Waals surface area contributed by atoms with Gasteiger partial charge in [-0.1, -0.05) is 75.5 Å². The minimum atomic E-state index is -3.94. The number of anilines is 1. The van der Waals surface area contributed by atoms with Crippen LogP contribution < -0.4 is 5.32 Å². The number of benzene rings is 3. The number of rotatable bonds is 7. The molecule has 3 aromatic rings. The number of hydrogen-bond donors (Lipinski definition) is 1. The van der Waals surface area contributed by atoms with Gasteiger partial charge in [0.25, 0.3) is 0 Å². The smallest absolute Gasteiger partial charge is 0.243 e. The fourth-order valence-electron chi connectivity index (χ4n) is 2.72. The van der Waals surface area contributed by atoms with Gasteiger partial charge in [0.15, 0.2) is 0 Å². The third kappa shape index (κ3) is 5.62. The minimum absolute atomic E-state index is 0.0307. The molecule has 0 aliphatic heterocycles. The summed E-state index contributed by atoms with van der Waals surface area (Å²) < 4.78 is 28.4. The Morgan fingerprint density at radius 2 is 1.50 bits per heavy atom. The fourth-order valence-corrected chi connectivity index (χ4v) is 4.87. The van der Waals surface area contributed by atoms with Crippen molar-refractivity contribution < 1.29 is 13.2 Å². The maximum atomic E-state index is 13.2. The van der Waals surface area contributed by atoms with Gasteiger partial charge in [0, 0.05) is 11.0 Å². The van der Waals surface area contributed by atoms with Gasteiger partial charge >= 0.3 is 0 Å². The van der Waals surface area contributed by atoms with Crippen LogP contribution in [0.3, 0.4) is 0 Å². The molecule has 0 aromatic heterocycles. The summed E-state index contributed by atoms with van der Waals surface area (Å²) >= 11 is 15.5. The molecule has 0 atom stereocenters. The molecule has 0 radical (unpaired) electrons. The highest BCUT2D eigenvalue weighted by atomic mass is 79.9. The second-order valence-electron chi connectivity index (χ2n) is 6.36. The van der Waals surface area contributed by atoms with Crippen LogP contribution in [0.25, 0.3) is 0 Å². The summed E-state index contributed by atoms with van der Waals surface area (Å²) in [6.45, 7) is -0.377. The molecule has 3 rings (SSSR count). The maximum absolute atomic E-state index is 13.2. The molecule has 0 spiro atoms. The molecule has 0 aliphatic carbocycles.